The Morgan fingerprint density at radius 1 is 1.06 bits per heavy atom. The Hall–Kier alpha value is -1.19. The van der Waals surface area contributed by atoms with Crippen LogP contribution >= 0.6 is 0 Å². The van der Waals surface area contributed by atoms with Crippen LogP contribution in [0.5, 0.6) is 0 Å². The van der Waals surface area contributed by atoms with Gasteiger partial charge in [-0.3, -0.25) is 0 Å². The summed E-state index contributed by atoms with van der Waals surface area (Å²) in [5.74, 6) is -0.310. The molecule has 0 fully saturated rings. The van der Waals surface area contributed by atoms with Crippen LogP contribution in [0.15, 0.2) is 37.1 Å². The second-order valence-corrected chi connectivity index (χ2v) is 5.04. The van der Waals surface area contributed by atoms with E-state index in [4.69, 9.17) is 0 Å². The molecule has 1 nitrogen and oxygen atoms in total. The molecule has 0 spiro atoms. The van der Waals surface area contributed by atoms with Crippen molar-refractivity contribution in [1.82, 2.24) is 0 Å². The summed E-state index contributed by atoms with van der Waals surface area (Å²) in [6.45, 7) is 14.5. The number of allylic oxidation sites excluding steroid dienone is 3. The lowest BCUT2D eigenvalue weighted by Crippen LogP contribution is -2.29. The first-order valence-electron chi connectivity index (χ1n) is 5.20. The fourth-order valence-corrected chi connectivity index (χ4v) is 1.14. The van der Waals surface area contributed by atoms with Gasteiger partial charge >= 0.3 is 6.36 Å². The normalized spacial score (nSPS) is 17.2. The number of rotatable bonds is 4. The van der Waals surface area contributed by atoms with Crippen molar-refractivity contribution in [1.29, 1.82) is 0 Å². The second kappa shape index (κ2) is 4.98. The largest absolute Gasteiger partial charge is 0.573 e. The standard InChI is InChI=1S/C13H19F3O/c1-7-10(17-13(14,15)16)9-12(6,8-2)11(3,4)5/h7-9H,1-2H2,3-6H3/b10-9+. The van der Waals surface area contributed by atoms with Gasteiger partial charge in [-0.25, -0.2) is 0 Å². The van der Waals surface area contributed by atoms with Crippen LogP contribution in [-0.4, -0.2) is 6.36 Å². The van der Waals surface area contributed by atoms with Crippen molar-refractivity contribution in [2.24, 2.45) is 10.8 Å². The molecule has 0 amide bonds. The summed E-state index contributed by atoms with van der Waals surface area (Å²) in [7, 11) is 0. The van der Waals surface area contributed by atoms with Crippen LogP contribution in [0.4, 0.5) is 13.2 Å². The van der Waals surface area contributed by atoms with E-state index in [2.05, 4.69) is 17.9 Å². The minimum Gasteiger partial charge on any atom is -0.406 e. The molecule has 0 aromatic heterocycles. The van der Waals surface area contributed by atoms with Gasteiger partial charge in [-0.05, 0) is 17.6 Å². The van der Waals surface area contributed by atoms with Crippen LogP contribution in [0.25, 0.3) is 0 Å². The van der Waals surface area contributed by atoms with Crippen LogP contribution in [-0.2, 0) is 4.74 Å². The molecule has 0 N–H and O–H groups in total. The van der Waals surface area contributed by atoms with Gasteiger partial charge in [0.05, 0.1) is 0 Å². The van der Waals surface area contributed by atoms with Crippen molar-refractivity contribution in [3.8, 4) is 0 Å². The lowest BCUT2D eigenvalue weighted by molar-refractivity contribution is -0.303. The predicted octanol–water partition coefficient (Wildman–Crippen LogP) is 4.83. The van der Waals surface area contributed by atoms with Crippen molar-refractivity contribution < 1.29 is 17.9 Å². The van der Waals surface area contributed by atoms with E-state index in [0.717, 1.165) is 6.08 Å². The van der Waals surface area contributed by atoms with E-state index < -0.39 is 11.8 Å². The molecule has 0 aliphatic heterocycles. The summed E-state index contributed by atoms with van der Waals surface area (Å²) < 4.78 is 40.3. The third-order valence-corrected chi connectivity index (χ3v) is 2.92. The molecule has 0 aliphatic carbocycles. The number of hydrogen-bond donors (Lipinski definition) is 0. The monoisotopic (exact) mass is 248 g/mol. The number of hydrogen-bond acceptors (Lipinski definition) is 1. The molecule has 0 saturated carbocycles. The molecule has 0 radical (unpaired) electrons. The minimum atomic E-state index is -4.71. The van der Waals surface area contributed by atoms with Gasteiger partial charge in [0.15, 0.2) is 0 Å². The number of halogens is 3. The van der Waals surface area contributed by atoms with Gasteiger partial charge in [-0.15, -0.1) is 19.8 Å². The van der Waals surface area contributed by atoms with Crippen molar-refractivity contribution in [3.05, 3.63) is 37.1 Å². The zero-order chi connectivity index (χ0) is 13.9. The van der Waals surface area contributed by atoms with E-state index in [9.17, 15) is 13.2 Å². The summed E-state index contributed by atoms with van der Waals surface area (Å²) in [6.07, 6.45) is -0.669. The molecule has 0 rings (SSSR count). The van der Waals surface area contributed by atoms with Gasteiger partial charge < -0.3 is 4.74 Å². The molecule has 4 heteroatoms. The maximum Gasteiger partial charge on any atom is 0.573 e. The maximum atomic E-state index is 12.1. The van der Waals surface area contributed by atoms with Gasteiger partial charge in [-0.1, -0.05) is 40.3 Å². The molecule has 1 atom stereocenters. The van der Waals surface area contributed by atoms with E-state index in [1.807, 2.05) is 20.8 Å². The molecule has 0 aromatic carbocycles. The van der Waals surface area contributed by atoms with Crippen molar-refractivity contribution in [2.45, 2.75) is 34.1 Å². The smallest absolute Gasteiger partial charge is 0.406 e. The van der Waals surface area contributed by atoms with Gasteiger partial charge in [0.2, 0.25) is 0 Å². The summed E-state index contributed by atoms with van der Waals surface area (Å²) in [4.78, 5) is 0. The molecular formula is C13H19F3O. The summed E-state index contributed by atoms with van der Waals surface area (Å²) in [6, 6.07) is 0. The van der Waals surface area contributed by atoms with Crippen molar-refractivity contribution in [3.63, 3.8) is 0 Å². The van der Waals surface area contributed by atoms with Crippen LogP contribution in [0.1, 0.15) is 27.7 Å². The Morgan fingerprint density at radius 3 is 1.76 bits per heavy atom. The second-order valence-electron chi connectivity index (χ2n) is 5.04. The average Bonchev–Trinajstić information content (AvgIpc) is 2.12. The van der Waals surface area contributed by atoms with Crippen LogP contribution in [0, 0.1) is 10.8 Å². The fraction of sp³-hybridized carbons (Fsp3) is 0.538. The van der Waals surface area contributed by atoms with Gasteiger partial charge in [0, 0.05) is 5.41 Å². The van der Waals surface area contributed by atoms with Gasteiger partial charge in [-0.2, -0.15) is 0 Å². The van der Waals surface area contributed by atoms with Crippen molar-refractivity contribution >= 4 is 0 Å². The van der Waals surface area contributed by atoms with Crippen LogP contribution < -0.4 is 0 Å². The minimum absolute atomic E-state index is 0.280. The summed E-state index contributed by atoms with van der Waals surface area (Å²) >= 11 is 0. The van der Waals surface area contributed by atoms with Gasteiger partial charge in [0.25, 0.3) is 0 Å². The Bertz CT molecular complexity index is 321. The maximum absolute atomic E-state index is 12.1. The van der Waals surface area contributed by atoms with E-state index in [1.54, 1.807) is 13.0 Å². The highest BCUT2D eigenvalue weighted by Gasteiger charge is 2.36. The number of ether oxygens (including phenoxy) is 1. The number of alkyl halides is 3. The molecule has 17 heavy (non-hydrogen) atoms. The Balaban J connectivity index is 5.31. The highest BCUT2D eigenvalue weighted by Crippen LogP contribution is 2.42. The third-order valence-electron chi connectivity index (χ3n) is 2.92. The third kappa shape index (κ3) is 4.67. The zero-order valence-electron chi connectivity index (χ0n) is 10.7. The fourth-order valence-electron chi connectivity index (χ4n) is 1.14. The lowest BCUT2D eigenvalue weighted by atomic mass is 9.68. The Labute approximate surface area is 101 Å². The van der Waals surface area contributed by atoms with Crippen LogP contribution in [0.3, 0.4) is 0 Å². The zero-order valence-corrected chi connectivity index (χ0v) is 10.7. The molecular weight excluding hydrogens is 229 g/mol. The summed E-state index contributed by atoms with van der Waals surface area (Å²) in [5.41, 5.74) is -0.903. The predicted molar refractivity (Wildman–Crippen MR) is 63.2 cm³/mol. The van der Waals surface area contributed by atoms with Crippen molar-refractivity contribution in [2.75, 3.05) is 0 Å². The first kappa shape index (κ1) is 15.8. The van der Waals surface area contributed by atoms with E-state index in [0.29, 0.717) is 0 Å². The van der Waals surface area contributed by atoms with E-state index in [-0.39, 0.29) is 11.2 Å². The highest BCUT2D eigenvalue weighted by atomic mass is 19.4. The van der Waals surface area contributed by atoms with E-state index >= 15 is 0 Å². The molecule has 0 aromatic rings. The summed E-state index contributed by atoms with van der Waals surface area (Å²) in [5, 5.41) is 0. The molecule has 0 saturated heterocycles. The van der Waals surface area contributed by atoms with Crippen LogP contribution in [0.2, 0.25) is 0 Å². The van der Waals surface area contributed by atoms with Gasteiger partial charge in [0.1, 0.15) is 5.76 Å². The SMILES string of the molecule is C=C/C(=C\C(C)(C=C)C(C)(C)C)OC(F)(F)F. The topological polar surface area (TPSA) is 9.23 Å². The molecule has 0 aliphatic rings. The molecule has 0 heterocycles. The Kier molecular flexibility index (Phi) is 4.63. The lowest BCUT2D eigenvalue weighted by Gasteiger charge is -2.37. The average molecular weight is 248 g/mol. The first-order chi connectivity index (χ1) is 7.45. The molecule has 1 unspecified atom stereocenters. The highest BCUT2D eigenvalue weighted by molar-refractivity contribution is 5.20. The molecule has 0 bridgehead atoms. The first-order valence-corrected chi connectivity index (χ1v) is 5.20. The molecule has 98 valence electrons. The Morgan fingerprint density at radius 2 is 1.53 bits per heavy atom. The quantitative estimate of drug-likeness (QED) is 0.393. The van der Waals surface area contributed by atoms with E-state index in [1.165, 1.54) is 6.08 Å².